The molecule has 1 aliphatic rings. The fourth-order valence-corrected chi connectivity index (χ4v) is 2.33. The minimum absolute atomic E-state index is 0.214. The standard InChI is InChI=1S/C11H22N2O/c1-9-6-4-5-7-10(9)13(3)11(14)8-12-2/h9-10,12H,4-8H2,1-3H3. The van der Waals surface area contributed by atoms with Crippen molar-refractivity contribution < 1.29 is 4.79 Å². The van der Waals surface area contributed by atoms with Gasteiger partial charge in [-0.1, -0.05) is 19.8 Å². The summed E-state index contributed by atoms with van der Waals surface area (Å²) in [4.78, 5) is 13.6. The van der Waals surface area contributed by atoms with Crippen LogP contribution >= 0.6 is 0 Å². The lowest BCUT2D eigenvalue weighted by atomic mass is 9.85. The van der Waals surface area contributed by atoms with Gasteiger partial charge in [-0.3, -0.25) is 4.79 Å². The summed E-state index contributed by atoms with van der Waals surface area (Å²) in [6, 6.07) is 0.463. The Bertz CT molecular complexity index is 194. The van der Waals surface area contributed by atoms with Gasteiger partial charge in [0.2, 0.25) is 5.91 Å². The van der Waals surface area contributed by atoms with Crippen LogP contribution in [0.2, 0.25) is 0 Å². The van der Waals surface area contributed by atoms with E-state index in [2.05, 4.69) is 12.2 Å². The van der Waals surface area contributed by atoms with Crippen LogP contribution in [-0.4, -0.2) is 37.5 Å². The van der Waals surface area contributed by atoms with Gasteiger partial charge in [0.1, 0.15) is 0 Å². The number of carbonyl (C=O) groups excluding carboxylic acids is 1. The topological polar surface area (TPSA) is 32.3 Å². The summed E-state index contributed by atoms with van der Waals surface area (Å²) < 4.78 is 0. The Morgan fingerprint density at radius 2 is 2.07 bits per heavy atom. The number of hydrogen-bond donors (Lipinski definition) is 1. The Labute approximate surface area is 86.9 Å². The second kappa shape index (κ2) is 5.35. The molecule has 0 bridgehead atoms. The third-order valence-corrected chi connectivity index (χ3v) is 3.29. The second-order valence-corrected chi connectivity index (χ2v) is 4.36. The van der Waals surface area contributed by atoms with Crippen LogP contribution in [0.5, 0.6) is 0 Å². The van der Waals surface area contributed by atoms with Gasteiger partial charge in [-0.25, -0.2) is 0 Å². The summed E-state index contributed by atoms with van der Waals surface area (Å²) in [5, 5.41) is 2.91. The summed E-state index contributed by atoms with van der Waals surface area (Å²) in [7, 11) is 3.75. The first-order valence-electron chi connectivity index (χ1n) is 5.57. The predicted octanol–water partition coefficient (Wildman–Crippen LogP) is 1.24. The van der Waals surface area contributed by atoms with Gasteiger partial charge >= 0.3 is 0 Å². The van der Waals surface area contributed by atoms with Gasteiger partial charge in [0.25, 0.3) is 0 Å². The van der Waals surface area contributed by atoms with Gasteiger partial charge in [0.15, 0.2) is 0 Å². The number of likely N-dealkylation sites (N-methyl/N-ethyl adjacent to an activating group) is 2. The van der Waals surface area contributed by atoms with Crippen molar-refractivity contribution in [2.45, 2.75) is 38.6 Å². The number of nitrogens with one attached hydrogen (secondary N) is 1. The average molecular weight is 198 g/mol. The lowest BCUT2D eigenvalue weighted by Gasteiger charge is -2.36. The van der Waals surface area contributed by atoms with E-state index in [0.29, 0.717) is 18.5 Å². The van der Waals surface area contributed by atoms with E-state index in [-0.39, 0.29) is 5.91 Å². The summed E-state index contributed by atoms with van der Waals surface area (Å²) >= 11 is 0. The molecule has 1 amide bonds. The van der Waals surface area contributed by atoms with Gasteiger partial charge < -0.3 is 10.2 Å². The molecule has 0 aromatic rings. The van der Waals surface area contributed by atoms with E-state index < -0.39 is 0 Å². The molecule has 14 heavy (non-hydrogen) atoms. The van der Waals surface area contributed by atoms with Crippen molar-refractivity contribution in [3.63, 3.8) is 0 Å². The Morgan fingerprint density at radius 1 is 1.43 bits per heavy atom. The van der Waals surface area contributed by atoms with Gasteiger partial charge in [0, 0.05) is 13.1 Å². The third-order valence-electron chi connectivity index (χ3n) is 3.29. The van der Waals surface area contributed by atoms with Crippen LogP contribution in [0.3, 0.4) is 0 Å². The van der Waals surface area contributed by atoms with Crippen molar-refractivity contribution in [2.24, 2.45) is 5.92 Å². The highest BCUT2D eigenvalue weighted by molar-refractivity contribution is 5.78. The second-order valence-electron chi connectivity index (χ2n) is 4.36. The van der Waals surface area contributed by atoms with E-state index in [1.807, 2.05) is 19.0 Å². The molecule has 0 radical (unpaired) electrons. The molecule has 0 saturated heterocycles. The smallest absolute Gasteiger partial charge is 0.236 e. The van der Waals surface area contributed by atoms with Crippen LogP contribution in [0, 0.1) is 5.92 Å². The van der Waals surface area contributed by atoms with E-state index in [9.17, 15) is 4.79 Å². The van der Waals surface area contributed by atoms with Crippen LogP contribution in [0.4, 0.5) is 0 Å². The van der Waals surface area contributed by atoms with Gasteiger partial charge in [-0.15, -0.1) is 0 Å². The molecule has 3 nitrogen and oxygen atoms in total. The van der Waals surface area contributed by atoms with Crippen LogP contribution in [0.1, 0.15) is 32.6 Å². The minimum Gasteiger partial charge on any atom is -0.341 e. The molecule has 1 saturated carbocycles. The van der Waals surface area contributed by atoms with E-state index in [4.69, 9.17) is 0 Å². The highest BCUT2D eigenvalue weighted by Gasteiger charge is 2.27. The van der Waals surface area contributed by atoms with E-state index in [0.717, 1.165) is 0 Å². The van der Waals surface area contributed by atoms with Crippen LogP contribution < -0.4 is 5.32 Å². The molecule has 0 heterocycles. The van der Waals surface area contributed by atoms with Gasteiger partial charge in [0.05, 0.1) is 6.54 Å². The molecule has 2 unspecified atom stereocenters. The summed E-state index contributed by atoms with van der Waals surface area (Å²) in [5.74, 6) is 0.876. The first-order valence-corrected chi connectivity index (χ1v) is 5.57. The molecule has 0 aromatic heterocycles. The lowest BCUT2D eigenvalue weighted by molar-refractivity contribution is -0.132. The van der Waals surface area contributed by atoms with Crippen molar-refractivity contribution in [1.82, 2.24) is 10.2 Å². The molecule has 3 heteroatoms. The monoisotopic (exact) mass is 198 g/mol. The maximum Gasteiger partial charge on any atom is 0.236 e. The Kier molecular flexibility index (Phi) is 4.39. The van der Waals surface area contributed by atoms with Crippen molar-refractivity contribution in [1.29, 1.82) is 0 Å². The first-order chi connectivity index (χ1) is 6.66. The van der Waals surface area contributed by atoms with Gasteiger partial charge in [-0.05, 0) is 25.8 Å². The number of amides is 1. The minimum atomic E-state index is 0.214. The highest BCUT2D eigenvalue weighted by Crippen LogP contribution is 2.27. The van der Waals surface area contributed by atoms with Crippen LogP contribution in [0.15, 0.2) is 0 Å². The number of rotatable bonds is 3. The molecule has 0 aromatic carbocycles. The molecule has 1 fully saturated rings. The fourth-order valence-electron chi connectivity index (χ4n) is 2.33. The predicted molar refractivity (Wildman–Crippen MR) is 58.1 cm³/mol. The molecule has 0 aliphatic heterocycles. The van der Waals surface area contributed by atoms with E-state index in [1.54, 1.807) is 0 Å². The fraction of sp³-hybridized carbons (Fsp3) is 0.909. The number of hydrogen-bond acceptors (Lipinski definition) is 2. The Morgan fingerprint density at radius 3 is 2.64 bits per heavy atom. The average Bonchev–Trinajstić information content (AvgIpc) is 2.18. The maximum atomic E-state index is 11.7. The SMILES string of the molecule is CNCC(=O)N(C)C1CCCCC1C. The summed E-state index contributed by atoms with van der Waals surface area (Å²) in [6.45, 7) is 2.71. The van der Waals surface area contributed by atoms with E-state index in [1.165, 1.54) is 25.7 Å². The zero-order valence-corrected chi connectivity index (χ0v) is 9.55. The van der Waals surface area contributed by atoms with Gasteiger partial charge in [-0.2, -0.15) is 0 Å². The highest BCUT2D eigenvalue weighted by atomic mass is 16.2. The summed E-state index contributed by atoms with van der Waals surface area (Å²) in [6.07, 6.45) is 5.03. The van der Waals surface area contributed by atoms with Crippen LogP contribution in [-0.2, 0) is 4.79 Å². The van der Waals surface area contributed by atoms with Crippen molar-refractivity contribution in [3.05, 3.63) is 0 Å². The molecule has 1 rings (SSSR count). The quantitative estimate of drug-likeness (QED) is 0.740. The zero-order chi connectivity index (χ0) is 10.6. The van der Waals surface area contributed by atoms with Crippen molar-refractivity contribution in [2.75, 3.05) is 20.6 Å². The molecule has 0 spiro atoms. The number of nitrogens with zero attached hydrogens (tertiary/aromatic N) is 1. The molecular weight excluding hydrogens is 176 g/mol. The largest absolute Gasteiger partial charge is 0.341 e. The lowest BCUT2D eigenvalue weighted by Crippen LogP contribution is -2.45. The first kappa shape index (κ1) is 11.5. The van der Waals surface area contributed by atoms with Crippen molar-refractivity contribution in [3.8, 4) is 0 Å². The summed E-state index contributed by atoms with van der Waals surface area (Å²) in [5.41, 5.74) is 0. The Hall–Kier alpha value is -0.570. The Balaban J connectivity index is 2.48. The molecule has 1 N–H and O–H groups in total. The normalized spacial score (nSPS) is 27.4. The van der Waals surface area contributed by atoms with E-state index >= 15 is 0 Å². The molecule has 1 aliphatic carbocycles. The maximum absolute atomic E-state index is 11.7. The van der Waals surface area contributed by atoms with Crippen molar-refractivity contribution >= 4 is 5.91 Å². The molecular formula is C11H22N2O. The molecule has 82 valence electrons. The van der Waals surface area contributed by atoms with Crippen LogP contribution in [0.25, 0.3) is 0 Å². The molecule has 2 atom stereocenters. The third kappa shape index (κ3) is 2.71. The zero-order valence-electron chi connectivity index (χ0n) is 9.55. The number of carbonyl (C=O) groups is 1.